The molecule has 9 heteroatoms. The maximum absolute atomic E-state index is 13.5. The zero-order valence-corrected chi connectivity index (χ0v) is 16.8. The molecular formula is C20H22FN3O4S. The summed E-state index contributed by atoms with van der Waals surface area (Å²) in [7, 11) is -3.27. The predicted molar refractivity (Wildman–Crippen MR) is 106 cm³/mol. The molecule has 2 aromatic rings. The van der Waals surface area contributed by atoms with Crippen molar-refractivity contribution >= 4 is 15.7 Å². The molecule has 1 aromatic heterocycles. The zero-order valence-electron chi connectivity index (χ0n) is 16.0. The Morgan fingerprint density at radius 2 is 2.10 bits per heavy atom. The second kappa shape index (κ2) is 9.13. The number of aromatic nitrogens is 2. The first-order chi connectivity index (χ1) is 13.8. The Hall–Kier alpha value is -2.81. The number of carbonyl (C=O) groups excluding carboxylic acids is 1. The first-order valence-electron chi connectivity index (χ1n) is 9.27. The minimum atomic E-state index is -3.27. The van der Waals surface area contributed by atoms with Crippen molar-refractivity contribution in [1.29, 1.82) is 0 Å². The van der Waals surface area contributed by atoms with Gasteiger partial charge >= 0.3 is 0 Å². The fourth-order valence-corrected chi connectivity index (χ4v) is 3.55. The Bertz CT molecular complexity index is 1020. The molecule has 1 amide bonds. The predicted octanol–water partition coefficient (Wildman–Crippen LogP) is 3.35. The van der Waals surface area contributed by atoms with Crippen molar-refractivity contribution in [2.45, 2.75) is 31.6 Å². The lowest BCUT2D eigenvalue weighted by Gasteiger charge is -2.13. The van der Waals surface area contributed by atoms with Gasteiger partial charge in [-0.25, -0.2) is 17.8 Å². The van der Waals surface area contributed by atoms with Crippen LogP contribution in [-0.2, 0) is 9.84 Å². The molecular weight excluding hydrogens is 397 g/mol. The number of nitrogens with zero attached hydrogens (tertiary/aromatic N) is 2. The molecule has 0 bridgehead atoms. The van der Waals surface area contributed by atoms with E-state index in [1.165, 1.54) is 30.5 Å². The Labute approximate surface area is 168 Å². The van der Waals surface area contributed by atoms with E-state index in [0.29, 0.717) is 5.82 Å². The third-order valence-corrected chi connectivity index (χ3v) is 5.16. The number of benzene rings is 1. The third kappa shape index (κ3) is 6.08. The first kappa shape index (κ1) is 20.9. The van der Waals surface area contributed by atoms with E-state index in [-0.39, 0.29) is 29.7 Å². The van der Waals surface area contributed by atoms with E-state index in [2.05, 4.69) is 15.3 Å². The van der Waals surface area contributed by atoms with Crippen LogP contribution in [0, 0.1) is 5.82 Å². The van der Waals surface area contributed by atoms with Crippen molar-refractivity contribution < 1.29 is 22.3 Å². The van der Waals surface area contributed by atoms with Crippen molar-refractivity contribution in [3.63, 3.8) is 0 Å². The lowest BCUT2D eigenvalue weighted by atomic mass is 10.1. The molecule has 1 aliphatic carbocycles. The van der Waals surface area contributed by atoms with Crippen LogP contribution in [0.3, 0.4) is 0 Å². The lowest BCUT2D eigenvalue weighted by Crippen LogP contribution is -2.25. The summed E-state index contributed by atoms with van der Waals surface area (Å²) in [6, 6.07) is 5.56. The third-order valence-electron chi connectivity index (χ3n) is 4.47. The Kier molecular flexibility index (Phi) is 6.58. The van der Waals surface area contributed by atoms with Crippen LogP contribution in [0.1, 0.15) is 47.8 Å². The molecule has 1 fully saturated rings. The van der Waals surface area contributed by atoms with Crippen LogP contribution in [0.25, 0.3) is 0 Å². The average Bonchev–Trinajstić information content (AvgIpc) is 3.19. The SMILES string of the molecule is CS(=O)(=O)/C=C/CNC(=O)c1cnc(C2CCCC2)nc1Oc1cccc(F)c1. The smallest absolute Gasteiger partial charge is 0.258 e. The Balaban J connectivity index is 1.84. The van der Waals surface area contributed by atoms with Crippen LogP contribution in [0.2, 0.25) is 0 Å². The van der Waals surface area contributed by atoms with Gasteiger partial charge < -0.3 is 10.1 Å². The van der Waals surface area contributed by atoms with Gasteiger partial charge in [-0.05, 0) is 25.0 Å². The summed E-state index contributed by atoms with van der Waals surface area (Å²) in [5, 5.41) is 3.58. The molecule has 1 aliphatic rings. The van der Waals surface area contributed by atoms with E-state index >= 15 is 0 Å². The van der Waals surface area contributed by atoms with Crippen molar-refractivity contribution in [3.05, 3.63) is 59.2 Å². The van der Waals surface area contributed by atoms with Gasteiger partial charge in [0.1, 0.15) is 23.0 Å². The van der Waals surface area contributed by atoms with Crippen LogP contribution in [0.4, 0.5) is 4.39 Å². The molecule has 0 unspecified atom stereocenters. The van der Waals surface area contributed by atoms with Crippen molar-refractivity contribution in [3.8, 4) is 11.6 Å². The molecule has 0 atom stereocenters. The molecule has 154 valence electrons. The van der Waals surface area contributed by atoms with E-state index in [1.807, 2.05) is 0 Å². The van der Waals surface area contributed by atoms with E-state index in [4.69, 9.17) is 4.74 Å². The molecule has 0 spiro atoms. The van der Waals surface area contributed by atoms with Gasteiger partial charge in [0, 0.05) is 36.4 Å². The molecule has 0 aliphatic heterocycles. The monoisotopic (exact) mass is 419 g/mol. The highest BCUT2D eigenvalue weighted by Crippen LogP contribution is 2.34. The first-order valence-corrected chi connectivity index (χ1v) is 11.2. The number of amides is 1. The summed E-state index contributed by atoms with van der Waals surface area (Å²) in [6.07, 6.45) is 7.93. The molecule has 1 saturated carbocycles. The van der Waals surface area contributed by atoms with E-state index < -0.39 is 21.6 Å². The summed E-state index contributed by atoms with van der Waals surface area (Å²) in [5.41, 5.74) is 0.0868. The Morgan fingerprint density at radius 3 is 2.79 bits per heavy atom. The molecule has 7 nitrogen and oxygen atoms in total. The van der Waals surface area contributed by atoms with Gasteiger partial charge in [-0.15, -0.1) is 0 Å². The lowest BCUT2D eigenvalue weighted by molar-refractivity contribution is 0.0954. The summed E-state index contributed by atoms with van der Waals surface area (Å²) >= 11 is 0. The molecule has 0 saturated heterocycles. The minimum absolute atomic E-state index is 0.00961. The topological polar surface area (TPSA) is 98.2 Å². The van der Waals surface area contributed by atoms with Gasteiger partial charge in [0.25, 0.3) is 5.91 Å². The number of rotatable bonds is 7. The number of carbonyl (C=O) groups is 1. The average molecular weight is 419 g/mol. The van der Waals surface area contributed by atoms with Crippen molar-refractivity contribution in [2.75, 3.05) is 12.8 Å². The number of halogens is 1. The number of hydrogen-bond acceptors (Lipinski definition) is 6. The van der Waals surface area contributed by atoms with Gasteiger partial charge in [0.05, 0.1) is 0 Å². The molecule has 3 rings (SSSR count). The largest absolute Gasteiger partial charge is 0.438 e. The summed E-state index contributed by atoms with van der Waals surface area (Å²) in [5.74, 6) is 0.0725. The Morgan fingerprint density at radius 1 is 1.34 bits per heavy atom. The summed E-state index contributed by atoms with van der Waals surface area (Å²) < 4.78 is 41.5. The summed E-state index contributed by atoms with van der Waals surface area (Å²) in [4.78, 5) is 21.3. The molecule has 1 N–H and O–H groups in total. The second-order valence-electron chi connectivity index (χ2n) is 6.90. The fourth-order valence-electron chi connectivity index (χ4n) is 3.11. The quantitative estimate of drug-likeness (QED) is 0.739. The van der Waals surface area contributed by atoms with Crippen molar-refractivity contribution in [1.82, 2.24) is 15.3 Å². The van der Waals surface area contributed by atoms with Gasteiger partial charge in [0.2, 0.25) is 5.88 Å². The van der Waals surface area contributed by atoms with Gasteiger partial charge in [0.15, 0.2) is 9.84 Å². The highest BCUT2D eigenvalue weighted by atomic mass is 32.2. The molecule has 29 heavy (non-hydrogen) atoms. The van der Waals surface area contributed by atoms with Crippen LogP contribution in [-0.4, -0.2) is 37.1 Å². The van der Waals surface area contributed by atoms with Crippen LogP contribution < -0.4 is 10.1 Å². The highest BCUT2D eigenvalue weighted by molar-refractivity contribution is 7.93. The van der Waals surface area contributed by atoms with E-state index in [1.54, 1.807) is 6.07 Å². The van der Waals surface area contributed by atoms with Gasteiger partial charge in [-0.3, -0.25) is 4.79 Å². The van der Waals surface area contributed by atoms with E-state index in [9.17, 15) is 17.6 Å². The van der Waals surface area contributed by atoms with Crippen LogP contribution >= 0.6 is 0 Å². The van der Waals surface area contributed by atoms with Gasteiger partial charge in [-0.1, -0.05) is 25.0 Å². The van der Waals surface area contributed by atoms with Crippen LogP contribution in [0.5, 0.6) is 11.6 Å². The number of ether oxygens (including phenoxy) is 1. The standard InChI is InChI=1S/C20H22FN3O4S/c1-29(26,27)11-5-10-22-19(25)17-13-23-18(14-6-2-3-7-14)24-20(17)28-16-9-4-8-15(21)12-16/h4-5,8-9,11-14H,2-3,6-7,10H2,1H3,(H,22,25)/b11-5+. The number of hydrogen-bond donors (Lipinski definition) is 1. The molecule has 1 heterocycles. The van der Waals surface area contributed by atoms with E-state index in [0.717, 1.165) is 37.3 Å². The summed E-state index contributed by atoms with van der Waals surface area (Å²) in [6.45, 7) is 0.00961. The van der Waals surface area contributed by atoms with Crippen LogP contribution in [0.15, 0.2) is 41.9 Å². The zero-order chi connectivity index (χ0) is 20.9. The maximum Gasteiger partial charge on any atom is 0.258 e. The van der Waals surface area contributed by atoms with Gasteiger partial charge in [-0.2, -0.15) is 4.98 Å². The maximum atomic E-state index is 13.5. The fraction of sp³-hybridized carbons (Fsp3) is 0.350. The highest BCUT2D eigenvalue weighted by Gasteiger charge is 2.23. The number of sulfone groups is 1. The normalized spacial score (nSPS) is 15.0. The second-order valence-corrected chi connectivity index (χ2v) is 8.83. The number of nitrogens with one attached hydrogen (secondary N) is 1. The van der Waals surface area contributed by atoms with Crippen molar-refractivity contribution in [2.24, 2.45) is 0 Å². The molecule has 0 radical (unpaired) electrons. The minimum Gasteiger partial charge on any atom is -0.438 e. The molecule has 1 aromatic carbocycles.